The summed E-state index contributed by atoms with van der Waals surface area (Å²) in [5.74, 6) is 1.94. The molecule has 5 heterocycles. The van der Waals surface area contributed by atoms with E-state index in [9.17, 15) is 0 Å². The molecule has 3 saturated heterocycles. The van der Waals surface area contributed by atoms with Gasteiger partial charge >= 0.3 is 0 Å². The van der Waals surface area contributed by atoms with Crippen LogP contribution < -0.4 is 0 Å². The number of hydrogen-bond donors (Lipinski definition) is 0. The molecule has 5 aliphatic heterocycles. The van der Waals surface area contributed by atoms with Gasteiger partial charge in [-0.3, -0.25) is 19.6 Å². The zero-order chi connectivity index (χ0) is 57.5. The number of nitrogens with zero attached hydrogens (tertiary/aromatic N) is 5. The molecule has 7 unspecified atom stereocenters. The zero-order valence-corrected chi connectivity index (χ0v) is 55.6. The summed E-state index contributed by atoms with van der Waals surface area (Å²) in [5.41, 5.74) is 6.07. The monoisotopic (exact) mass is 1040 g/mol. The molecular weight excluding hydrogens is 915 g/mol. The molecule has 8 rings (SSSR count). The van der Waals surface area contributed by atoms with Crippen molar-refractivity contribution in [3.8, 4) is 0 Å². The lowest BCUT2D eigenvalue weighted by molar-refractivity contribution is -0.0980. The van der Waals surface area contributed by atoms with E-state index in [-0.39, 0.29) is 33.7 Å². The van der Waals surface area contributed by atoms with Gasteiger partial charge in [-0.05, 0) is 199 Å². The Morgan fingerprint density at radius 1 is 0.520 bits per heavy atom. The van der Waals surface area contributed by atoms with Gasteiger partial charge in [-0.25, -0.2) is 0 Å². The lowest BCUT2D eigenvalue weighted by Crippen LogP contribution is -2.55. The third-order valence-corrected chi connectivity index (χ3v) is 18.0. The van der Waals surface area contributed by atoms with E-state index < -0.39 is 0 Å². The van der Waals surface area contributed by atoms with Gasteiger partial charge in [-0.15, -0.1) is 0 Å². The standard InChI is InChI=1S/C16H31N.C16H25N.C13H25NO.C13H27N.C11H21N/c2*1-15(2,3)14-13-10-8-7-9-12(13)11-17(14)16(4,5)6;1-11(2,3)10-14(12(4,5)6)9-13(15-10)7-8-13;1-12(2,3)11-9-7-8-10-14(11)13(4,5)6;1-9(2)12-8-6-7-10(12)11(3,4)5/h12-14H,7-11H2,1-6H3;7-10,14H,11H2,1-6H3;10H,7-9H2,1-6H3;11H,7-10H2,1-6H3;6,8-10H,7H2,1-5H3. The number of piperidine rings is 1. The van der Waals surface area contributed by atoms with Gasteiger partial charge in [-0.2, -0.15) is 0 Å². The van der Waals surface area contributed by atoms with E-state index in [0.717, 1.165) is 37.0 Å². The van der Waals surface area contributed by atoms with Crippen molar-refractivity contribution in [1.29, 1.82) is 0 Å². The first-order valence-corrected chi connectivity index (χ1v) is 31.0. The van der Waals surface area contributed by atoms with Crippen LogP contribution in [0.4, 0.5) is 0 Å². The number of likely N-dealkylation sites (tertiary alicyclic amines) is 2. The Hall–Kier alpha value is -1.44. The van der Waals surface area contributed by atoms with Crippen LogP contribution in [0, 0.1) is 38.9 Å². The molecule has 7 atom stereocenters. The van der Waals surface area contributed by atoms with Crippen molar-refractivity contribution >= 4 is 0 Å². The van der Waals surface area contributed by atoms with Gasteiger partial charge in [0.25, 0.3) is 0 Å². The van der Waals surface area contributed by atoms with Crippen LogP contribution in [0.25, 0.3) is 0 Å². The molecule has 5 fully saturated rings. The molecule has 0 bridgehead atoms. The SMILES string of the molecule is CC(C)(C)C1C2CCCCC2CN1C(C)(C)C.CC(C)(C)C1CCCCN1C(C)(C)C.CC(C)(C)C1OC2(CC2)CN1C(C)(C)C.CC(C)(C)C1c2ccccc2CN1C(C)(C)C.CC(C)N1C=CCC1C(C)(C)C. The Balaban J connectivity index is 0.000000204. The van der Waals surface area contributed by atoms with Crippen molar-refractivity contribution in [3.05, 3.63) is 47.7 Å². The van der Waals surface area contributed by atoms with E-state index in [1.165, 1.54) is 88.4 Å². The second kappa shape index (κ2) is 23.9. The lowest BCUT2D eigenvalue weighted by Gasteiger charge is -2.50. The summed E-state index contributed by atoms with van der Waals surface area (Å²) in [7, 11) is 0. The predicted octanol–water partition coefficient (Wildman–Crippen LogP) is 18.4. The van der Waals surface area contributed by atoms with Crippen molar-refractivity contribution in [2.24, 2.45) is 38.9 Å². The number of rotatable bonds is 1. The summed E-state index contributed by atoms with van der Waals surface area (Å²) in [5, 5.41) is 0. The Morgan fingerprint density at radius 3 is 1.44 bits per heavy atom. The Kier molecular flexibility index (Phi) is 21.1. The molecular formula is C69H129N5O. The third-order valence-electron chi connectivity index (χ3n) is 18.0. The van der Waals surface area contributed by atoms with E-state index >= 15 is 0 Å². The average Bonchev–Trinajstić information content (AvgIpc) is 3.71. The van der Waals surface area contributed by atoms with Crippen LogP contribution in [-0.4, -0.2) is 102 Å². The smallest absolute Gasteiger partial charge is 0.116 e. The number of fused-ring (bicyclic) bond motifs is 2. The summed E-state index contributed by atoms with van der Waals surface area (Å²) >= 11 is 0. The number of benzene rings is 1. The topological polar surface area (TPSA) is 25.4 Å². The molecule has 2 aliphatic carbocycles. The Labute approximate surface area is 469 Å². The first kappa shape index (κ1) is 66.1. The molecule has 0 amide bonds. The average molecular weight is 1040 g/mol. The van der Waals surface area contributed by atoms with E-state index in [0.29, 0.717) is 45.4 Å². The molecule has 6 nitrogen and oxygen atoms in total. The fourth-order valence-corrected chi connectivity index (χ4v) is 14.1. The largest absolute Gasteiger partial charge is 0.372 e. The molecule has 0 radical (unpaired) electrons. The highest BCUT2D eigenvalue weighted by atomic mass is 16.5. The van der Waals surface area contributed by atoms with E-state index in [1.54, 1.807) is 0 Å². The van der Waals surface area contributed by atoms with E-state index in [1.807, 2.05) is 0 Å². The molecule has 436 valence electrons. The maximum absolute atomic E-state index is 6.29. The molecule has 1 aromatic rings. The number of hydrogen-bond acceptors (Lipinski definition) is 6. The maximum atomic E-state index is 6.29. The first-order chi connectivity index (χ1) is 33.7. The van der Waals surface area contributed by atoms with Gasteiger partial charge in [0, 0.05) is 77.4 Å². The van der Waals surface area contributed by atoms with Crippen LogP contribution in [-0.2, 0) is 11.3 Å². The van der Waals surface area contributed by atoms with Gasteiger partial charge in [0.2, 0.25) is 0 Å². The van der Waals surface area contributed by atoms with Gasteiger partial charge in [0.05, 0.1) is 5.60 Å². The van der Waals surface area contributed by atoms with Crippen molar-refractivity contribution < 1.29 is 4.74 Å². The fourth-order valence-electron chi connectivity index (χ4n) is 14.1. The summed E-state index contributed by atoms with van der Waals surface area (Å²) < 4.78 is 6.29. The van der Waals surface area contributed by atoms with Crippen LogP contribution >= 0.6 is 0 Å². The zero-order valence-electron chi connectivity index (χ0n) is 55.6. The van der Waals surface area contributed by atoms with Crippen LogP contribution in [0.15, 0.2) is 36.5 Å². The fraction of sp³-hybridized carbons (Fsp3) is 0.884. The van der Waals surface area contributed by atoms with E-state index in [2.05, 4.69) is 262 Å². The molecule has 7 aliphatic rings. The summed E-state index contributed by atoms with van der Waals surface area (Å²) in [6.07, 6.45) is 18.6. The first-order valence-electron chi connectivity index (χ1n) is 31.0. The summed E-state index contributed by atoms with van der Waals surface area (Å²) in [6.45, 7) is 72.6. The highest BCUT2D eigenvalue weighted by Crippen LogP contribution is 2.52. The molecule has 6 heteroatoms. The van der Waals surface area contributed by atoms with Gasteiger partial charge < -0.3 is 9.64 Å². The molecule has 0 aromatic heterocycles. The summed E-state index contributed by atoms with van der Waals surface area (Å²) in [4.78, 5) is 13.2. The third kappa shape index (κ3) is 17.8. The number of ether oxygens (including phenoxy) is 1. The predicted molar refractivity (Wildman–Crippen MR) is 329 cm³/mol. The maximum Gasteiger partial charge on any atom is 0.116 e. The molecule has 75 heavy (non-hydrogen) atoms. The molecule has 2 saturated carbocycles. The minimum absolute atomic E-state index is 0.208. The summed E-state index contributed by atoms with van der Waals surface area (Å²) in [6, 6.07) is 12.3. The highest BCUT2D eigenvalue weighted by molar-refractivity contribution is 5.36. The second-order valence-corrected chi connectivity index (χ2v) is 34.7. The normalized spacial score (nSPS) is 28.1. The highest BCUT2D eigenvalue weighted by Gasteiger charge is 2.58. The Morgan fingerprint density at radius 2 is 1.03 bits per heavy atom. The van der Waals surface area contributed by atoms with Crippen LogP contribution in [0.2, 0.25) is 0 Å². The van der Waals surface area contributed by atoms with Crippen LogP contribution in [0.1, 0.15) is 282 Å². The van der Waals surface area contributed by atoms with Gasteiger partial charge in [-0.1, -0.05) is 153 Å². The van der Waals surface area contributed by atoms with Crippen molar-refractivity contribution in [1.82, 2.24) is 24.5 Å². The quantitative estimate of drug-likeness (QED) is 0.278. The van der Waals surface area contributed by atoms with Crippen LogP contribution in [0.5, 0.6) is 0 Å². The van der Waals surface area contributed by atoms with E-state index in [4.69, 9.17) is 4.74 Å². The lowest BCUT2D eigenvalue weighted by atomic mass is 9.71. The van der Waals surface area contributed by atoms with Gasteiger partial charge in [0.1, 0.15) is 6.23 Å². The second-order valence-electron chi connectivity index (χ2n) is 34.7. The molecule has 0 N–H and O–H groups in total. The Bertz CT molecular complexity index is 1880. The van der Waals surface area contributed by atoms with Crippen molar-refractivity contribution in [2.75, 3.05) is 19.6 Å². The van der Waals surface area contributed by atoms with Crippen LogP contribution in [0.3, 0.4) is 0 Å². The van der Waals surface area contributed by atoms with Crippen molar-refractivity contribution in [2.45, 2.75) is 336 Å². The molecule has 1 aromatic carbocycles. The minimum Gasteiger partial charge on any atom is -0.372 e. The van der Waals surface area contributed by atoms with Gasteiger partial charge in [0.15, 0.2) is 0 Å². The minimum atomic E-state index is 0.208. The van der Waals surface area contributed by atoms with Crippen molar-refractivity contribution in [3.63, 3.8) is 0 Å². The molecule has 1 spiro atoms.